The summed E-state index contributed by atoms with van der Waals surface area (Å²) in [7, 11) is 1.97. The first-order valence-corrected chi connectivity index (χ1v) is 7.44. The second-order valence-corrected chi connectivity index (χ2v) is 5.79. The van der Waals surface area contributed by atoms with E-state index >= 15 is 0 Å². The number of hydrogen-bond acceptors (Lipinski definition) is 2. The summed E-state index contributed by atoms with van der Waals surface area (Å²) in [5.41, 5.74) is 3.31. The van der Waals surface area contributed by atoms with Crippen molar-refractivity contribution in [2.45, 2.75) is 26.3 Å². The van der Waals surface area contributed by atoms with Gasteiger partial charge in [-0.2, -0.15) is 5.10 Å². The molecule has 0 aliphatic rings. The molecule has 20 heavy (non-hydrogen) atoms. The first-order chi connectivity index (χ1) is 9.49. The summed E-state index contributed by atoms with van der Waals surface area (Å²) in [5, 5.41) is 9.20. The zero-order valence-corrected chi connectivity index (χ0v) is 13.5. The molecule has 2 aromatic rings. The fourth-order valence-electron chi connectivity index (χ4n) is 2.40. The van der Waals surface area contributed by atoms with Gasteiger partial charge in [0.1, 0.15) is 0 Å². The van der Waals surface area contributed by atoms with Crippen LogP contribution in [0.3, 0.4) is 0 Å². The lowest BCUT2D eigenvalue weighted by Gasteiger charge is -2.19. The van der Waals surface area contributed by atoms with Gasteiger partial charge in [0.2, 0.25) is 0 Å². The second-order valence-electron chi connectivity index (χ2n) is 4.92. The number of halogens is 2. The highest BCUT2D eigenvalue weighted by Gasteiger charge is 2.15. The lowest BCUT2D eigenvalue weighted by molar-refractivity contribution is 0.529. The average molecular weight is 312 g/mol. The Bertz CT molecular complexity index is 573. The maximum atomic E-state index is 6.10. The highest BCUT2D eigenvalue weighted by Crippen LogP contribution is 2.26. The molecule has 1 aromatic carbocycles. The van der Waals surface area contributed by atoms with E-state index < -0.39 is 0 Å². The van der Waals surface area contributed by atoms with Gasteiger partial charge in [-0.1, -0.05) is 30.1 Å². The summed E-state index contributed by atoms with van der Waals surface area (Å²) >= 11 is 12.2. The minimum atomic E-state index is 0.172. The van der Waals surface area contributed by atoms with Crippen molar-refractivity contribution in [3.63, 3.8) is 0 Å². The minimum absolute atomic E-state index is 0.172. The van der Waals surface area contributed by atoms with Gasteiger partial charge in [0.15, 0.2) is 0 Å². The molecule has 0 saturated heterocycles. The molecular formula is C15H19Cl2N3. The molecule has 1 heterocycles. The molecule has 0 fully saturated rings. The number of aromatic nitrogens is 2. The molecule has 0 aliphatic carbocycles. The molecule has 0 amide bonds. The Hall–Kier alpha value is -1.03. The molecule has 0 spiro atoms. The SMILES string of the molecule is CCNC(Cc1cc(C)nn1C)c1cc(Cl)cc(Cl)c1. The Balaban J connectivity index is 2.28. The van der Waals surface area contributed by atoms with E-state index in [4.69, 9.17) is 23.2 Å². The molecule has 3 nitrogen and oxygen atoms in total. The van der Waals surface area contributed by atoms with Crippen LogP contribution in [-0.4, -0.2) is 16.3 Å². The Morgan fingerprint density at radius 2 is 1.85 bits per heavy atom. The normalized spacial score (nSPS) is 12.7. The fraction of sp³-hybridized carbons (Fsp3) is 0.400. The van der Waals surface area contributed by atoms with Crippen LogP contribution in [0.15, 0.2) is 24.3 Å². The zero-order chi connectivity index (χ0) is 14.7. The molecule has 5 heteroatoms. The van der Waals surface area contributed by atoms with Crippen LogP contribution in [0.1, 0.15) is 29.9 Å². The summed E-state index contributed by atoms with van der Waals surface area (Å²) in [4.78, 5) is 0. The molecule has 0 radical (unpaired) electrons. The van der Waals surface area contributed by atoms with Crippen LogP contribution < -0.4 is 5.32 Å². The number of nitrogens with one attached hydrogen (secondary N) is 1. The van der Waals surface area contributed by atoms with E-state index in [9.17, 15) is 0 Å². The van der Waals surface area contributed by atoms with Gasteiger partial charge in [0.25, 0.3) is 0 Å². The van der Waals surface area contributed by atoms with Gasteiger partial charge < -0.3 is 5.32 Å². The lowest BCUT2D eigenvalue weighted by atomic mass is 10.0. The Morgan fingerprint density at radius 3 is 2.35 bits per heavy atom. The third kappa shape index (κ3) is 3.75. The highest BCUT2D eigenvalue weighted by atomic mass is 35.5. The number of benzene rings is 1. The van der Waals surface area contributed by atoms with Crippen LogP contribution >= 0.6 is 23.2 Å². The maximum absolute atomic E-state index is 6.10. The number of rotatable bonds is 5. The largest absolute Gasteiger partial charge is 0.310 e. The molecule has 1 N–H and O–H groups in total. The maximum Gasteiger partial charge on any atom is 0.0596 e. The van der Waals surface area contributed by atoms with Gasteiger partial charge in [-0.15, -0.1) is 0 Å². The van der Waals surface area contributed by atoms with Gasteiger partial charge in [-0.3, -0.25) is 4.68 Å². The van der Waals surface area contributed by atoms with Gasteiger partial charge in [-0.25, -0.2) is 0 Å². The molecule has 0 saturated carbocycles. The fourth-order valence-corrected chi connectivity index (χ4v) is 2.94. The molecular weight excluding hydrogens is 293 g/mol. The molecule has 1 unspecified atom stereocenters. The van der Waals surface area contributed by atoms with Crippen molar-refractivity contribution in [1.29, 1.82) is 0 Å². The van der Waals surface area contributed by atoms with E-state index in [0.717, 1.165) is 24.2 Å². The smallest absolute Gasteiger partial charge is 0.0596 e. The van der Waals surface area contributed by atoms with Crippen molar-refractivity contribution in [1.82, 2.24) is 15.1 Å². The van der Waals surface area contributed by atoms with Gasteiger partial charge in [-0.05, 0) is 43.3 Å². The van der Waals surface area contributed by atoms with E-state index in [0.29, 0.717) is 10.0 Å². The summed E-state index contributed by atoms with van der Waals surface area (Å²) < 4.78 is 1.92. The van der Waals surface area contributed by atoms with Crippen molar-refractivity contribution in [3.8, 4) is 0 Å². The second kappa shape index (κ2) is 6.61. The first-order valence-electron chi connectivity index (χ1n) is 6.68. The molecule has 1 aromatic heterocycles. The molecule has 0 aliphatic heterocycles. The predicted octanol–water partition coefficient (Wildman–Crippen LogP) is 3.93. The summed E-state index contributed by atoms with van der Waals surface area (Å²) in [6, 6.07) is 7.96. The van der Waals surface area contributed by atoms with Crippen LogP contribution in [0.4, 0.5) is 0 Å². The van der Waals surface area contributed by atoms with E-state index in [-0.39, 0.29) is 6.04 Å². The number of nitrogens with zero attached hydrogens (tertiary/aromatic N) is 2. The zero-order valence-electron chi connectivity index (χ0n) is 12.0. The van der Waals surface area contributed by atoms with E-state index in [1.54, 1.807) is 6.07 Å². The minimum Gasteiger partial charge on any atom is -0.310 e. The van der Waals surface area contributed by atoms with Crippen LogP contribution in [-0.2, 0) is 13.5 Å². The van der Waals surface area contributed by atoms with Crippen molar-refractivity contribution >= 4 is 23.2 Å². The van der Waals surface area contributed by atoms with Crippen molar-refractivity contribution < 1.29 is 0 Å². The van der Waals surface area contributed by atoms with Gasteiger partial charge in [0, 0.05) is 35.2 Å². The lowest BCUT2D eigenvalue weighted by Crippen LogP contribution is -2.24. The topological polar surface area (TPSA) is 29.9 Å². The number of hydrogen-bond donors (Lipinski definition) is 1. The average Bonchev–Trinajstić information content (AvgIpc) is 2.66. The summed E-state index contributed by atoms with van der Waals surface area (Å²) in [5.74, 6) is 0. The monoisotopic (exact) mass is 311 g/mol. The van der Waals surface area contributed by atoms with E-state index in [1.165, 1.54) is 5.69 Å². The molecule has 2 rings (SSSR count). The Morgan fingerprint density at radius 1 is 1.20 bits per heavy atom. The molecule has 108 valence electrons. The van der Waals surface area contributed by atoms with Gasteiger partial charge >= 0.3 is 0 Å². The Kier molecular flexibility index (Phi) is 5.08. The first kappa shape index (κ1) is 15.4. The number of aryl methyl sites for hydroxylation is 2. The van der Waals surface area contributed by atoms with Crippen LogP contribution in [0.25, 0.3) is 0 Å². The Labute approximate surface area is 129 Å². The third-order valence-electron chi connectivity index (χ3n) is 3.25. The van der Waals surface area contributed by atoms with Crippen LogP contribution in [0.2, 0.25) is 10.0 Å². The quantitative estimate of drug-likeness (QED) is 0.906. The van der Waals surface area contributed by atoms with Crippen LogP contribution in [0, 0.1) is 6.92 Å². The highest BCUT2D eigenvalue weighted by molar-refractivity contribution is 6.34. The summed E-state index contributed by atoms with van der Waals surface area (Å²) in [6.45, 7) is 4.97. The van der Waals surface area contributed by atoms with Gasteiger partial charge in [0.05, 0.1) is 5.69 Å². The predicted molar refractivity (Wildman–Crippen MR) is 84.5 cm³/mol. The van der Waals surface area contributed by atoms with Crippen molar-refractivity contribution in [2.24, 2.45) is 7.05 Å². The van der Waals surface area contributed by atoms with Crippen molar-refractivity contribution in [3.05, 3.63) is 51.3 Å². The van der Waals surface area contributed by atoms with E-state index in [2.05, 4.69) is 23.4 Å². The summed E-state index contributed by atoms with van der Waals surface area (Å²) in [6.07, 6.45) is 0.849. The number of likely N-dealkylation sites (N-methyl/N-ethyl adjacent to an activating group) is 1. The van der Waals surface area contributed by atoms with E-state index in [1.807, 2.05) is 30.8 Å². The van der Waals surface area contributed by atoms with Crippen molar-refractivity contribution in [2.75, 3.05) is 6.54 Å². The molecule has 1 atom stereocenters. The van der Waals surface area contributed by atoms with Crippen LogP contribution in [0.5, 0.6) is 0 Å². The standard InChI is InChI=1S/C15H19Cl2N3/c1-4-18-15(9-14-5-10(2)19-20(14)3)11-6-12(16)8-13(17)7-11/h5-8,15,18H,4,9H2,1-3H3. The third-order valence-corrected chi connectivity index (χ3v) is 3.69. The molecule has 0 bridgehead atoms.